The van der Waals surface area contributed by atoms with Crippen molar-refractivity contribution in [3.8, 4) is 44.5 Å². The molecule has 0 atom stereocenters. The Balaban J connectivity index is 1.17. The van der Waals surface area contributed by atoms with Gasteiger partial charge in [-0.3, -0.25) is 0 Å². The van der Waals surface area contributed by atoms with E-state index in [1.165, 1.54) is 101 Å². The lowest BCUT2D eigenvalue weighted by molar-refractivity contribution is 0.332. The Hall–Kier alpha value is -7.10. The molecule has 0 saturated carbocycles. The highest BCUT2D eigenvalue weighted by molar-refractivity contribution is 6.74. The molecular weight excluding hydrogens is 771 g/mol. The largest absolute Gasteiger partial charge is 0.355 e. The first kappa shape index (κ1) is 39.7. The van der Waals surface area contributed by atoms with Crippen LogP contribution in [0.1, 0.15) is 57.2 Å². The zero-order valence-corrected chi connectivity index (χ0v) is 37.4. The molecule has 1 heterocycles. The predicted molar refractivity (Wildman–Crippen MR) is 275 cm³/mol. The molecule has 11 rings (SSSR count). The van der Waals surface area contributed by atoms with Crippen molar-refractivity contribution in [1.82, 2.24) is 0 Å². The second-order valence-electron chi connectivity index (χ2n) is 19.2. The van der Waals surface area contributed by atoms with E-state index in [9.17, 15) is 0 Å². The number of anilines is 5. The quantitative estimate of drug-likeness (QED) is 0.161. The maximum absolute atomic E-state index is 3.97. The lowest BCUT2D eigenvalue weighted by Crippen LogP contribution is -2.41. The lowest BCUT2D eigenvalue weighted by atomic mass is 9.57. The Kier molecular flexibility index (Phi) is 9.69. The molecule has 0 fully saturated rings. The summed E-state index contributed by atoms with van der Waals surface area (Å²) in [4.78, 5) is 2.60. The number of aryl methyl sites for hydroxylation is 1. The molecule has 0 unspecified atom stereocenters. The zero-order chi connectivity index (χ0) is 43.6. The van der Waals surface area contributed by atoms with E-state index in [1.807, 2.05) is 0 Å². The maximum Gasteiger partial charge on any atom is 0.197 e. The molecule has 0 saturated heterocycles. The highest BCUT2D eigenvalue weighted by Gasteiger charge is 2.39. The van der Waals surface area contributed by atoms with E-state index in [-0.39, 0.29) is 10.8 Å². The molecular formula is C61H52BN2. The Bertz CT molecular complexity index is 3220. The summed E-state index contributed by atoms with van der Waals surface area (Å²) >= 11 is 0. The third-order valence-electron chi connectivity index (χ3n) is 14.0. The molecule has 9 aromatic carbocycles. The summed E-state index contributed by atoms with van der Waals surface area (Å²) in [6.45, 7) is 12.1. The molecule has 9 aromatic rings. The minimum atomic E-state index is 0.0564. The summed E-state index contributed by atoms with van der Waals surface area (Å²) in [5.41, 5.74) is 22.0. The van der Waals surface area contributed by atoms with Crippen molar-refractivity contribution in [2.45, 2.75) is 58.3 Å². The fourth-order valence-electron chi connectivity index (χ4n) is 10.4. The van der Waals surface area contributed by atoms with Gasteiger partial charge in [0.25, 0.3) is 0 Å². The van der Waals surface area contributed by atoms with E-state index < -0.39 is 0 Å². The number of hydrogen-bond donors (Lipinski definition) is 1. The van der Waals surface area contributed by atoms with Crippen molar-refractivity contribution in [3.05, 3.63) is 211 Å². The molecule has 2 nitrogen and oxygen atoms in total. The van der Waals surface area contributed by atoms with Gasteiger partial charge in [0.05, 0.1) is 0 Å². The Morgan fingerprint density at radius 2 is 1.03 bits per heavy atom. The van der Waals surface area contributed by atoms with Gasteiger partial charge in [-0.15, -0.1) is 0 Å². The molecule has 3 heteroatoms. The van der Waals surface area contributed by atoms with Crippen LogP contribution >= 0.6 is 0 Å². The first-order chi connectivity index (χ1) is 31.1. The number of hydrogen-bond acceptors (Lipinski definition) is 2. The fraction of sp³-hybridized carbons (Fsp3) is 0.148. The van der Waals surface area contributed by atoms with Crippen LogP contribution in [0.4, 0.5) is 28.4 Å². The number of rotatable bonds is 7. The standard InChI is InChI=1S/C61H52BN2/c1-40-34-52-53(61(4,5)33-32-60(52,2)3)39-57(40)64-56-31-29-45(42-20-11-7-12-21-42)37-54(56)62-58-51(36-47-24-15-16-27-49(47)59(58)64)50-30-28-46(43-22-13-8-14-23-43)38-55(50)63-48-26-17-25-44(35-48)41-18-9-6-10-19-41/h6-31,34-39,63H,32-33H2,1-5H3. The van der Waals surface area contributed by atoms with E-state index in [0.29, 0.717) is 0 Å². The van der Waals surface area contributed by atoms with Crippen molar-refractivity contribution in [1.29, 1.82) is 0 Å². The molecule has 0 spiro atoms. The highest BCUT2D eigenvalue weighted by Crippen LogP contribution is 2.51. The predicted octanol–water partition coefficient (Wildman–Crippen LogP) is 15.3. The molecule has 2 aliphatic rings. The Morgan fingerprint density at radius 3 is 1.70 bits per heavy atom. The minimum Gasteiger partial charge on any atom is -0.355 e. The first-order valence-corrected chi connectivity index (χ1v) is 22.8. The van der Waals surface area contributed by atoms with Crippen LogP contribution in [0.5, 0.6) is 0 Å². The monoisotopic (exact) mass is 823 g/mol. The van der Waals surface area contributed by atoms with Crippen LogP contribution in [0.3, 0.4) is 0 Å². The van der Waals surface area contributed by atoms with Gasteiger partial charge in [0.1, 0.15) is 0 Å². The second-order valence-corrected chi connectivity index (χ2v) is 19.2. The molecule has 1 aliphatic carbocycles. The van der Waals surface area contributed by atoms with Gasteiger partial charge in [-0.05, 0) is 133 Å². The summed E-state index contributed by atoms with van der Waals surface area (Å²) in [7, 11) is 2.46. The summed E-state index contributed by atoms with van der Waals surface area (Å²) < 4.78 is 0. The number of nitrogens with one attached hydrogen (secondary N) is 1. The van der Waals surface area contributed by atoms with Crippen LogP contribution in [0.15, 0.2) is 194 Å². The molecule has 1 aliphatic heterocycles. The van der Waals surface area contributed by atoms with Crippen LogP contribution in [0.25, 0.3) is 55.3 Å². The van der Waals surface area contributed by atoms with Gasteiger partial charge < -0.3 is 10.2 Å². The van der Waals surface area contributed by atoms with Gasteiger partial charge >= 0.3 is 0 Å². The lowest BCUT2D eigenvalue weighted by Gasteiger charge is -2.44. The van der Waals surface area contributed by atoms with Crippen LogP contribution in [-0.4, -0.2) is 7.28 Å². The van der Waals surface area contributed by atoms with Crippen molar-refractivity contribution >= 4 is 57.4 Å². The van der Waals surface area contributed by atoms with Crippen LogP contribution in [0.2, 0.25) is 0 Å². The summed E-state index contributed by atoms with van der Waals surface area (Å²) in [5, 5.41) is 6.41. The molecule has 1 N–H and O–H groups in total. The zero-order valence-electron chi connectivity index (χ0n) is 37.4. The number of benzene rings is 9. The topological polar surface area (TPSA) is 15.3 Å². The van der Waals surface area contributed by atoms with Crippen molar-refractivity contribution in [2.24, 2.45) is 0 Å². The van der Waals surface area contributed by atoms with Crippen molar-refractivity contribution in [2.75, 3.05) is 10.2 Å². The van der Waals surface area contributed by atoms with E-state index in [1.54, 1.807) is 0 Å². The van der Waals surface area contributed by atoms with Gasteiger partial charge in [-0.1, -0.05) is 191 Å². The first-order valence-electron chi connectivity index (χ1n) is 22.8. The Morgan fingerprint density at radius 1 is 0.469 bits per heavy atom. The summed E-state index contributed by atoms with van der Waals surface area (Å²) in [6.07, 6.45) is 2.34. The average Bonchev–Trinajstić information content (AvgIpc) is 3.33. The summed E-state index contributed by atoms with van der Waals surface area (Å²) in [5.74, 6) is 0. The number of nitrogens with zero attached hydrogens (tertiary/aromatic N) is 1. The van der Waals surface area contributed by atoms with Gasteiger partial charge in [-0.25, -0.2) is 0 Å². The van der Waals surface area contributed by atoms with Gasteiger partial charge in [-0.2, -0.15) is 0 Å². The minimum absolute atomic E-state index is 0.0564. The molecule has 64 heavy (non-hydrogen) atoms. The van der Waals surface area contributed by atoms with E-state index in [0.717, 1.165) is 23.4 Å². The maximum atomic E-state index is 3.97. The summed E-state index contributed by atoms with van der Waals surface area (Å²) in [6, 6.07) is 71.4. The molecule has 0 bridgehead atoms. The van der Waals surface area contributed by atoms with Gasteiger partial charge in [0, 0.05) is 39.4 Å². The van der Waals surface area contributed by atoms with E-state index >= 15 is 0 Å². The molecule has 0 aromatic heterocycles. The third-order valence-corrected chi connectivity index (χ3v) is 14.0. The third kappa shape index (κ3) is 7.01. The normalized spacial score (nSPS) is 14.5. The molecule has 1 radical (unpaired) electrons. The van der Waals surface area contributed by atoms with Crippen LogP contribution in [-0.2, 0) is 10.8 Å². The van der Waals surface area contributed by atoms with Crippen molar-refractivity contribution < 1.29 is 0 Å². The molecule has 0 amide bonds. The Labute approximate surface area is 379 Å². The van der Waals surface area contributed by atoms with E-state index in [4.69, 9.17) is 0 Å². The van der Waals surface area contributed by atoms with Gasteiger partial charge in [0.15, 0.2) is 7.28 Å². The molecule has 309 valence electrons. The van der Waals surface area contributed by atoms with Crippen LogP contribution in [0, 0.1) is 6.92 Å². The van der Waals surface area contributed by atoms with Gasteiger partial charge in [0.2, 0.25) is 0 Å². The average molecular weight is 824 g/mol. The second kappa shape index (κ2) is 15.6. The number of fused-ring (bicyclic) bond motifs is 5. The fourth-order valence-corrected chi connectivity index (χ4v) is 10.4. The smallest absolute Gasteiger partial charge is 0.197 e. The van der Waals surface area contributed by atoms with Crippen molar-refractivity contribution in [3.63, 3.8) is 0 Å². The SMILES string of the molecule is Cc1cc2c(cc1N1c3ccc(-c4ccccc4)cc3[B]c3c(-c4ccc(-c5ccccc5)cc4Nc4cccc(-c5ccccc5)c4)cc4ccccc4c31)C(C)(C)CCC2(C)C. The van der Waals surface area contributed by atoms with E-state index in [2.05, 4.69) is 246 Å². The highest BCUT2D eigenvalue weighted by atomic mass is 15.2. The van der Waals surface area contributed by atoms with Crippen LogP contribution < -0.4 is 21.1 Å².